The fourth-order valence-corrected chi connectivity index (χ4v) is 2.35. The third kappa shape index (κ3) is 2.71. The maximum Gasteiger partial charge on any atom is 0.132 e. The molecule has 5 heteroatoms. The number of nitrogens with zero attached hydrogens (tertiary/aromatic N) is 3. The Morgan fingerprint density at radius 3 is 2.79 bits per heavy atom. The average molecular weight is 258 g/mol. The number of hydrogen-bond acceptors (Lipinski definition) is 4. The molecule has 2 aromatic rings. The first kappa shape index (κ1) is 12.0. The molecule has 0 bridgehead atoms. The summed E-state index contributed by atoms with van der Waals surface area (Å²) in [6.07, 6.45) is 3.31. The third-order valence-corrected chi connectivity index (χ3v) is 3.34. The smallest absolute Gasteiger partial charge is 0.132 e. The number of rotatable bonds is 2. The molecule has 1 atom stereocenters. The Balaban J connectivity index is 1.76. The van der Waals surface area contributed by atoms with Crippen molar-refractivity contribution in [3.63, 3.8) is 0 Å². The van der Waals surface area contributed by atoms with Gasteiger partial charge < -0.3 is 10.2 Å². The zero-order valence-electron chi connectivity index (χ0n) is 10.5. The van der Waals surface area contributed by atoms with E-state index in [9.17, 15) is 4.39 Å². The van der Waals surface area contributed by atoms with E-state index in [-0.39, 0.29) is 11.9 Å². The van der Waals surface area contributed by atoms with Crippen LogP contribution >= 0.6 is 0 Å². The number of aromatic nitrogens is 2. The molecule has 0 amide bonds. The van der Waals surface area contributed by atoms with Crippen molar-refractivity contribution in [2.75, 3.05) is 24.5 Å². The van der Waals surface area contributed by atoms with Crippen LogP contribution in [0.3, 0.4) is 0 Å². The summed E-state index contributed by atoms with van der Waals surface area (Å²) in [6.45, 7) is 2.61. The molecule has 0 saturated carbocycles. The van der Waals surface area contributed by atoms with Gasteiger partial charge in [-0.15, -0.1) is 0 Å². The summed E-state index contributed by atoms with van der Waals surface area (Å²) in [5.41, 5.74) is 1.10. The summed E-state index contributed by atoms with van der Waals surface area (Å²) in [7, 11) is 0. The lowest BCUT2D eigenvalue weighted by Gasteiger charge is -2.34. The van der Waals surface area contributed by atoms with E-state index < -0.39 is 0 Å². The topological polar surface area (TPSA) is 41.1 Å². The molecule has 2 heterocycles. The van der Waals surface area contributed by atoms with Gasteiger partial charge in [0.2, 0.25) is 0 Å². The van der Waals surface area contributed by atoms with Crippen LogP contribution in [-0.2, 0) is 0 Å². The molecule has 0 aliphatic carbocycles. The summed E-state index contributed by atoms with van der Waals surface area (Å²) < 4.78 is 12.9. The van der Waals surface area contributed by atoms with Gasteiger partial charge in [-0.3, -0.25) is 0 Å². The van der Waals surface area contributed by atoms with Crippen LogP contribution in [0.2, 0.25) is 0 Å². The normalized spacial score (nSPS) is 19.4. The maximum absolute atomic E-state index is 12.9. The van der Waals surface area contributed by atoms with Crippen LogP contribution in [-0.4, -0.2) is 29.6 Å². The van der Waals surface area contributed by atoms with Crippen molar-refractivity contribution in [1.29, 1.82) is 0 Å². The van der Waals surface area contributed by atoms with Gasteiger partial charge in [0.1, 0.15) is 18.0 Å². The van der Waals surface area contributed by atoms with Crippen molar-refractivity contribution in [1.82, 2.24) is 15.3 Å². The quantitative estimate of drug-likeness (QED) is 0.891. The third-order valence-electron chi connectivity index (χ3n) is 3.34. The highest BCUT2D eigenvalue weighted by Crippen LogP contribution is 2.20. The lowest BCUT2D eigenvalue weighted by Crippen LogP contribution is -2.46. The van der Waals surface area contributed by atoms with Gasteiger partial charge in [-0.05, 0) is 23.8 Å². The predicted molar refractivity (Wildman–Crippen MR) is 71.4 cm³/mol. The van der Waals surface area contributed by atoms with Crippen LogP contribution in [0.5, 0.6) is 0 Å². The second kappa shape index (κ2) is 5.32. The number of halogens is 1. The summed E-state index contributed by atoms with van der Waals surface area (Å²) >= 11 is 0. The van der Waals surface area contributed by atoms with Gasteiger partial charge in [0.05, 0.1) is 0 Å². The Labute approximate surface area is 111 Å². The lowest BCUT2D eigenvalue weighted by molar-refractivity contribution is 0.469. The number of nitrogens with one attached hydrogen (secondary N) is 1. The molecule has 19 heavy (non-hydrogen) atoms. The van der Waals surface area contributed by atoms with E-state index in [0.29, 0.717) is 0 Å². The van der Waals surface area contributed by atoms with Crippen LogP contribution < -0.4 is 10.2 Å². The summed E-state index contributed by atoms with van der Waals surface area (Å²) in [6, 6.07) is 8.77. The Bertz CT molecular complexity index is 529. The lowest BCUT2D eigenvalue weighted by atomic mass is 10.0. The van der Waals surface area contributed by atoms with Crippen molar-refractivity contribution < 1.29 is 4.39 Å². The van der Waals surface area contributed by atoms with Crippen LogP contribution in [0.15, 0.2) is 42.9 Å². The Hall–Kier alpha value is -2.01. The standard InChI is InChI=1S/C14H15FN4/c15-12-3-1-11(2-4-12)13-9-19(8-7-17-13)14-5-6-16-10-18-14/h1-6,10,13,17H,7-9H2. The van der Waals surface area contributed by atoms with Gasteiger partial charge in [0.15, 0.2) is 0 Å². The highest BCUT2D eigenvalue weighted by atomic mass is 19.1. The van der Waals surface area contributed by atoms with Gasteiger partial charge in [0.25, 0.3) is 0 Å². The molecule has 1 aromatic heterocycles. The maximum atomic E-state index is 12.9. The van der Waals surface area contributed by atoms with E-state index in [1.165, 1.54) is 12.1 Å². The number of benzene rings is 1. The molecule has 1 aliphatic heterocycles. The Morgan fingerprint density at radius 2 is 2.05 bits per heavy atom. The predicted octanol–water partition coefficient (Wildman–Crippen LogP) is 1.77. The molecule has 1 N–H and O–H groups in total. The van der Waals surface area contributed by atoms with Crippen molar-refractivity contribution in [2.45, 2.75) is 6.04 Å². The largest absolute Gasteiger partial charge is 0.353 e. The summed E-state index contributed by atoms with van der Waals surface area (Å²) in [5.74, 6) is 0.732. The zero-order chi connectivity index (χ0) is 13.1. The van der Waals surface area contributed by atoms with E-state index in [1.54, 1.807) is 12.5 Å². The molecule has 1 saturated heterocycles. The SMILES string of the molecule is Fc1ccc(C2CN(c3ccncn3)CCN2)cc1. The van der Waals surface area contributed by atoms with E-state index in [4.69, 9.17) is 0 Å². The number of anilines is 1. The molecule has 1 aromatic carbocycles. The fourth-order valence-electron chi connectivity index (χ4n) is 2.35. The van der Waals surface area contributed by atoms with E-state index in [0.717, 1.165) is 31.0 Å². The van der Waals surface area contributed by atoms with E-state index in [1.807, 2.05) is 18.2 Å². The molecule has 3 rings (SSSR count). The van der Waals surface area contributed by atoms with Gasteiger partial charge in [0, 0.05) is 31.9 Å². The molecular weight excluding hydrogens is 243 g/mol. The minimum atomic E-state index is -0.202. The minimum Gasteiger partial charge on any atom is -0.353 e. The molecule has 1 unspecified atom stereocenters. The molecule has 0 radical (unpaired) electrons. The van der Waals surface area contributed by atoms with Gasteiger partial charge >= 0.3 is 0 Å². The summed E-state index contributed by atoms with van der Waals surface area (Å²) in [4.78, 5) is 10.4. The molecule has 0 spiro atoms. The van der Waals surface area contributed by atoms with Crippen LogP contribution in [0.25, 0.3) is 0 Å². The van der Waals surface area contributed by atoms with Crippen LogP contribution in [0, 0.1) is 5.82 Å². The molecule has 1 fully saturated rings. The zero-order valence-corrected chi connectivity index (χ0v) is 10.5. The molecule has 1 aliphatic rings. The Morgan fingerprint density at radius 1 is 1.21 bits per heavy atom. The Kier molecular flexibility index (Phi) is 3.37. The van der Waals surface area contributed by atoms with E-state index in [2.05, 4.69) is 20.2 Å². The van der Waals surface area contributed by atoms with Crippen LogP contribution in [0.1, 0.15) is 11.6 Å². The van der Waals surface area contributed by atoms with Crippen molar-refractivity contribution in [2.24, 2.45) is 0 Å². The van der Waals surface area contributed by atoms with Gasteiger partial charge in [-0.1, -0.05) is 12.1 Å². The fraction of sp³-hybridized carbons (Fsp3) is 0.286. The highest BCUT2D eigenvalue weighted by molar-refractivity contribution is 5.38. The van der Waals surface area contributed by atoms with Crippen molar-refractivity contribution in [3.05, 3.63) is 54.2 Å². The number of piperazine rings is 1. The second-order valence-corrected chi connectivity index (χ2v) is 4.57. The molecular formula is C14H15FN4. The molecule has 98 valence electrons. The monoisotopic (exact) mass is 258 g/mol. The van der Waals surface area contributed by atoms with Crippen LogP contribution in [0.4, 0.5) is 10.2 Å². The summed E-state index contributed by atoms with van der Waals surface area (Å²) in [5, 5.41) is 3.45. The van der Waals surface area contributed by atoms with E-state index >= 15 is 0 Å². The first-order valence-electron chi connectivity index (χ1n) is 6.33. The first-order chi connectivity index (χ1) is 9.33. The van der Waals surface area contributed by atoms with Gasteiger partial charge in [-0.25, -0.2) is 14.4 Å². The number of hydrogen-bond donors (Lipinski definition) is 1. The van der Waals surface area contributed by atoms with Crippen molar-refractivity contribution >= 4 is 5.82 Å². The molecule has 4 nitrogen and oxygen atoms in total. The average Bonchev–Trinajstić information content (AvgIpc) is 2.49. The highest BCUT2D eigenvalue weighted by Gasteiger charge is 2.21. The minimum absolute atomic E-state index is 0.198. The second-order valence-electron chi connectivity index (χ2n) is 4.57. The van der Waals surface area contributed by atoms with Gasteiger partial charge in [-0.2, -0.15) is 0 Å². The first-order valence-corrected chi connectivity index (χ1v) is 6.33. The van der Waals surface area contributed by atoms with Crippen molar-refractivity contribution in [3.8, 4) is 0 Å².